The smallest absolute Gasteiger partial charge is 0.332 e. The maximum atomic E-state index is 12.4. The number of carboxylic acid groups (broad SMARTS) is 1. The fourth-order valence-electron chi connectivity index (χ4n) is 3.14. The summed E-state index contributed by atoms with van der Waals surface area (Å²) < 4.78 is 5.34. The Kier molecular flexibility index (Phi) is 5.42. The molecule has 5 nitrogen and oxygen atoms in total. The summed E-state index contributed by atoms with van der Waals surface area (Å²) in [5.41, 5.74) is 0.930. The summed E-state index contributed by atoms with van der Waals surface area (Å²) in [6, 6.07) is 10.0. The number of carbonyl (C=O) groups is 2. The molecule has 1 amide bonds. The third-order valence-corrected chi connectivity index (χ3v) is 4.70. The Balaban J connectivity index is 2.05. The number of rotatable bonds is 6. The fourth-order valence-corrected chi connectivity index (χ4v) is 3.14. The fraction of sp³-hybridized carbons (Fsp3) is 0.556. The predicted octanol–water partition coefficient (Wildman–Crippen LogP) is 2.49. The molecule has 0 spiro atoms. The average Bonchev–Trinajstić information content (AvgIpc) is 3.03. The summed E-state index contributed by atoms with van der Waals surface area (Å²) in [5, 5.41) is 12.0. The Morgan fingerprint density at radius 1 is 1.26 bits per heavy atom. The van der Waals surface area contributed by atoms with Crippen LogP contribution in [0.15, 0.2) is 30.3 Å². The van der Waals surface area contributed by atoms with Crippen LogP contribution in [0.1, 0.15) is 45.6 Å². The van der Waals surface area contributed by atoms with Gasteiger partial charge in [0, 0.05) is 11.5 Å². The van der Waals surface area contributed by atoms with Gasteiger partial charge < -0.3 is 15.2 Å². The van der Waals surface area contributed by atoms with E-state index in [1.54, 1.807) is 0 Å². The molecule has 2 N–H and O–H groups in total. The van der Waals surface area contributed by atoms with E-state index in [-0.39, 0.29) is 17.4 Å². The van der Waals surface area contributed by atoms with Crippen LogP contribution in [-0.4, -0.2) is 35.2 Å². The zero-order valence-electron chi connectivity index (χ0n) is 13.9. The molecule has 1 aromatic rings. The van der Waals surface area contributed by atoms with Crippen molar-refractivity contribution in [1.29, 1.82) is 0 Å². The number of aliphatic carboxylic acids is 1. The first-order valence-electron chi connectivity index (χ1n) is 8.10. The normalized spacial score (nSPS) is 22.6. The van der Waals surface area contributed by atoms with E-state index in [9.17, 15) is 9.59 Å². The Hall–Kier alpha value is -1.88. The lowest BCUT2D eigenvalue weighted by atomic mass is 9.76. The minimum Gasteiger partial charge on any atom is -0.479 e. The number of nitrogens with one attached hydrogen (secondary N) is 1. The van der Waals surface area contributed by atoms with Crippen molar-refractivity contribution in [3.05, 3.63) is 35.9 Å². The van der Waals surface area contributed by atoms with E-state index in [1.165, 1.54) is 0 Å². The number of benzene rings is 1. The number of hydrogen-bond acceptors (Lipinski definition) is 3. The molecule has 1 aliphatic heterocycles. The molecule has 0 aliphatic carbocycles. The van der Waals surface area contributed by atoms with Gasteiger partial charge in [0.15, 0.2) is 6.10 Å². The highest BCUT2D eigenvalue weighted by atomic mass is 16.5. The van der Waals surface area contributed by atoms with Crippen LogP contribution in [0.5, 0.6) is 0 Å². The van der Waals surface area contributed by atoms with Crippen molar-refractivity contribution in [3.63, 3.8) is 0 Å². The third kappa shape index (κ3) is 3.91. The molecule has 0 aromatic heterocycles. The maximum absolute atomic E-state index is 12.4. The van der Waals surface area contributed by atoms with Crippen LogP contribution in [0, 0.1) is 0 Å². The van der Waals surface area contributed by atoms with Gasteiger partial charge >= 0.3 is 5.97 Å². The van der Waals surface area contributed by atoms with Crippen molar-refractivity contribution in [1.82, 2.24) is 5.32 Å². The van der Waals surface area contributed by atoms with Gasteiger partial charge in [-0.25, -0.2) is 4.79 Å². The van der Waals surface area contributed by atoms with Crippen molar-refractivity contribution < 1.29 is 19.4 Å². The molecule has 1 aliphatic rings. The summed E-state index contributed by atoms with van der Waals surface area (Å²) in [7, 11) is 0. The zero-order valence-corrected chi connectivity index (χ0v) is 13.9. The van der Waals surface area contributed by atoms with E-state index in [2.05, 4.69) is 31.3 Å². The lowest BCUT2D eigenvalue weighted by Crippen LogP contribution is -2.50. The molecule has 1 fully saturated rings. The molecule has 126 valence electrons. The van der Waals surface area contributed by atoms with Gasteiger partial charge in [0.05, 0.1) is 0 Å². The van der Waals surface area contributed by atoms with Gasteiger partial charge in [0.1, 0.15) is 6.10 Å². The highest BCUT2D eigenvalue weighted by Crippen LogP contribution is 2.29. The summed E-state index contributed by atoms with van der Waals surface area (Å²) in [6.45, 7) is 6.24. The zero-order chi connectivity index (χ0) is 17.0. The van der Waals surface area contributed by atoms with Crippen LogP contribution in [0.25, 0.3) is 0 Å². The second kappa shape index (κ2) is 7.13. The van der Waals surface area contributed by atoms with Crippen molar-refractivity contribution in [2.24, 2.45) is 0 Å². The maximum Gasteiger partial charge on any atom is 0.332 e. The summed E-state index contributed by atoms with van der Waals surface area (Å²) in [5.74, 6) is -1.22. The second-order valence-electron chi connectivity index (χ2n) is 6.59. The van der Waals surface area contributed by atoms with Gasteiger partial charge in [-0.05, 0) is 24.8 Å². The minimum absolute atomic E-state index is 0.0510. The quantitative estimate of drug-likeness (QED) is 0.844. The lowest BCUT2D eigenvalue weighted by Gasteiger charge is -2.35. The van der Waals surface area contributed by atoms with Crippen molar-refractivity contribution in [2.75, 3.05) is 0 Å². The SMILES string of the molecule is CCC(NC(=O)[C@@H]1CC[C@H](C(=O)O)O1)C(C)(C)c1ccccc1. The van der Waals surface area contributed by atoms with Crippen LogP contribution in [0.3, 0.4) is 0 Å². The molecule has 0 bridgehead atoms. The standard InChI is InChI=1S/C18H25NO4/c1-4-15(18(2,3)12-8-6-5-7-9-12)19-16(20)13-10-11-14(23-13)17(21)22/h5-9,13-15H,4,10-11H2,1-3H3,(H,19,20)(H,21,22)/t13-,14+,15?/m0/s1. The molecule has 23 heavy (non-hydrogen) atoms. The topological polar surface area (TPSA) is 75.6 Å². The van der Waals surface area contributed by atoms with Gasteiger partial charge in [-0.15, -0.1) is 0 Å². The van der Waals surface area contributed by atoms with Crippen LogP contribution in [-0.2, 0) is 19.7 Å². The van der Waals surface area contributed by atoms with Gasteiger partial charge in [0.2, 0.25) is 5.91 Å². The molecule has 1 saturated heterocycles. The number of hydrogen-bond donors (Lipinski definition) is 2. The van der Waals surface area contributed by atoms with Crippen LogP contribution >= 0.6 is 0 Å². The van der Waals surface area contributed by atoms with Gasteiger partial charge in [-0.2, -0.15) is 0 Å². The highest BCUT2D eigenvalue weighted by Gasteiger charge is 2.37. The van der Waals surface area contributed by atoms with Gasteiger partial charge in [-0.3, -0.25) is 4.79 Å². The third-order valence-electron chi connectivity index (χ3n) is 4.70. The molecule has 0 radical (unpaired) electrons. The van der Waals surface area contributed by atoms with E-state index in [0.717, 1.165) is 12.0 Å². The molecule has 1 heterocycles. The molecular formula is C18H25NO4. The highest BCUT2D eigenvalue weighted by molar-refractivity contribution is 5.83. The van der Waals surface area contributed by atoms with Crippen LogP contribution < -0.4 is 5.32 Å². The Morgan fingerprint density at radius 3 is 2.39 bits per heavy atom. The molecule has 2 rings (SSSR count). The first kappa shape index (κ1) is 17.5. The number of carboxylic acids is 1. The number of ether oxygens (including phenoxy) is 1. The van der Waals surface area contributed by atoms with Crippen LogP contribution in [0.4, 0.5) is 0 Å². The Bertz CT molecular complexity index is 555. The predicted molar refractivity (Wildman–Crippen MR) is 87.2 cm³/mol. The monoisotopic (exact) mass is 319 g/mol. The summed E-state index contributed by atoms with van der Waals surface area (Å²) >= 11 is 0. The second-order valence-corrected chi connectivity index (χ2v) is 6.59. The van der Waals surface area contributed by atoms with Crippen LogP contribution in [0.2, 0.25) is 0 Å². The van der Waals surface area contributed by atoms with E-state index in [0.29, 0.717) is 12.8 Å². The van der Waals surface area contributed by atoms with Gasteiger partial charge in [0.25, 0.3) is 0 Å². The first-order chi connectivity index (χ1) is 10.9. The lowest BCUT2D eigenvalue weighted by molar-refractivity contribution is -0.152. The van der Waals surface area contributed by atoms with E-state index in [4.69, 9.17) is 9.84 Å². The van der Waals surface area contributed by atoms with E-state index >= 15 is 0 Å². The van der Waals surface area contributed by atoms with Crippen molar-refractivity contribution in [2.45, 2.75) is 63.7 Å². The molecule has 0 saturated carbocycles. The van der Waals surface area contributed by atoms with E-state index < -0.39 is 18.2 Å². The minimum atomic E-state index is -1.00. The molecule has 1 aromatic carbocycles. The summed E-state index contributed by atoms with van der Waals surface area (Å²) in [6.07, 6.45) is 0.0738. The van der Waals surface area contributed by atoms with Crippen molar-refractivity contribution in [3.8, 4) is 0 Å². The molecule has 1 unspecified atom stereocenters. The van der Waals surface area contributed by atoms with Gasteiger partial charge in [-0.1, -0.05) is 51.1 Å². The first-order valence-corrected chi connectivity index (χ1v) is 8.10. The average molecular weight is 319 g/mol. The number of amides is 1. The molecule has 3 atom stereocenters. The van der Waals surface area contributed by atoms with Crippen molar-refractivity contribution >= 4 is 11.9 Å². The summed E-state index contributed by atoms with van der Waals surface area (Å²) in [4.78, 5) is 23.4. The Morgan fingerprint density at radius 2 is 1.87 bits per heavy atom. The van der Waals surface area contributed by atoms with E-state index in [1.807, 2.05) is 25.1 Å². The largest absolute Gasteiger partial charge is 0.479 e. The number of carbonyl (C=O) groups excluding carboxylic acids is 1. The molecule has 5 heteroatoms. The molecular weight excluding hydrogens is 294 g/mol. The Labute approximate surface area is 137 Å².